The van der Waals surface area contributed by atoms with Gasteiger partial charge in [0.05, 0.1) is 5.52 Å². The van der Waals surface area contributed by atoms with E-state index in [4.69, 9.17) is 5.73 Å². The van der Waals surface area contributed by atoms with Gasteiger partial charge < -0.3 is 15.7 Å². The van der Waals surface area contributed by atoms with Gasteiger partial charge in [-0.3, -0.25) is 4.79 Å². The van der Waals surface area contributed by atoms with Gasteiger partial charge in [-0.25, -0.2) is 9.18 Å². The monoisotopic (exact) mass is 334 g/mol. The third-order valence-electron chi connectivity index (χ3n) is 2.91. The summed E-state index contributed by atoms with van der Waals surface area (Å²) in [6.45, 7) is -0.0341. The Morgan fingerprint density at radius 1 is 1.30 bits per heavy atom. The summed E-state index contributed by atoms with van der Waals surface area (Å²) >= 11 is 0. The zero-order valence-electron chi connectivity index (χ0n) is 11.4. The van der Waals surface area contributed by atoms with E-state index in [2.05, 4.69) is 4.84 Å². The number of carbonyl (C=O) groups is 1. The van der Waals surface area contributed by atoms with Crippen LogP contribution >= 0.6 is 0 Å². The van der Waals surface area contributed by atoms with Gasteiger partial charge >= 0.3 is 12.1 Å². The van der Waals surface area contributed by atoms with Crippen LogP contribution in [0.1, 0.15) is 5.56 Å². The molecule has 1 aromatic heterocycles. The number of fused-ring (bicyclic) bond motifs is 1. The second kappa shape index (κ2) is 5.88. The third-order valence-corrected chi connectivity index (χ3v) is 2.91. The first-order valence-corrected chi connectivity index (χ1v) is 6.22. The quantitative estimate of drug-likeness (QED) is 0.812. The van der Waals surface area contributed by atoms with Gasteiger partial charge in [0.15, 0.2) is 0 Å². The van der Waals surface area contributed by atoms with E-state index in [0.717, 1.165) is 12.1 Å². The largest absolute Gasteiger partial charge is 0.508 e. The Balaban J connectivity index is 2.75. The molecule has 0 saturated heterocycles. The van der Waals surface area contributed by atoms with Crippen LogP contribution in [0.2, 0.25) is 0 Å². The summed E-state index contributed by atoms with van der Waals surface area (Å²) in [5.74, 6) is -4.32. The molecule has 0 aliphatic rings. The normalized spacial score (nSPS) is 11.7. The average molecular weight is 334 g/mol. The Kier molecular flexibility index (Phi) is 4.28. The highest BCUT2D eigenvalue weighted by molar-refractivity contribution is 5.83. The number of phenols is 1. The van der Waals surface area contributed by atoms with E-state index in [1.807, 2.05) is 0 Å². The molecule has 0 aliphatic heterocycles. The lowest BCUT2D eigenvalue weighted by molar-refractivity contribution is -0.199. The number of nitrogens with zero attached hydrogens (tertiary/aromatic N) is 1. The van der Waals surface area contributed by atoms with Crippen LogP contribution in [0.25, 0.3) is 10.9 Å². The van der Waals surface area contributed by atoms with E-state index in [0.29, 0.717) is 6.07 Å². The lowest BCUT2D eigenvalue weighted by atomic mass is 10.1. The fourth-order valence-corrected chi connectivity index (χ4v) is 1.94. The van der Waals surface area contributed by atoms with Gasteiger partial charge in [-0.1, -0.05) is 0 Å². The Hall–Kier alpha value is -2.62. The highest BCUT2D eigenvalue weighted by Crippen LogP contribution is 2.24. The van der Waals surface area contributed by atoms with Gasteiger partial charge in [-0.15, -0.1) is 4.73 Å². The van der Waals surface area contributed by atoms with E-state index < -0.39 is 34.8 Å². The summed E-state index contributed by atoms with van der Waals surface area (Å²) in [6, 6.07) is 2.59. The van der Waals surface area contributed by atoms with Gasteiger partial charge in [0.2, 0.25) is 0 Å². The van der Waals surface area contributed by atoms with E-state index in [1.165, 1.54) is 0 Å². The fraction of sp³-hybridized carbons (Fsp3) is 0.231. The molecule has 0 unspecified atom stereocenters. The van der Waals surface area contributed by atoms with Crippen molar-refractivity contribution in [1.29, 1.82) is 0 Å². The predicted octanol–water partition coefficient (Wildman–Crippen LogP) is 0.865. The molecule has 0 fully saturated rings. The lowest BCUT2D eigenvalue weighted by Gasteiger charge is -2.13. The third kappa shape index (κ3) is 3.26. The molecule has 0 radical (unpaired) electrons. The first-order valence-electron chi connectivity index (χ1n) is 6.22. The highest BCUT2D eigenvalue weighted by Gasteiger charge is 2.42. The minimum atomic E-state index is -5.36. The van der Waals surface area contributed by atoms with Gasteiger partial charge in [-0.05, 0) is 19.0 Å². The molecule has 0 aliphatic carbocycles. The summed E-state index contributed by atoms with van der Waals surface area (Å²) in [7, 11) is 0. The summed E-state index contributed by atoms with van der Waals surface area (Å²) in [5.41, 5.74) is 3.52. The Bertz CT molecular complexity index is 829. The van der Waals surface area contributed by atoms with Crippen LogP contribution in [0.15, 0.2) is 23.0 Å². The van der Waals surface area contributed by atoms with Gasteiger partial charge in [0.1, 0.15) is 11.6 Å². The number of aromatic hydroxyl groups is 1. The van der Waals surface area contributed by atoms with Crippen LogP contribution in [0.4, 0.5) is 17.6 Å². The molecule has 2 rings (SSSR count). The van der Waals surface area contributed by atoms with Crippen molar-refractivity contribution in [2.75, 3.05) is 6.54 Å². The molecule has 0 atom stereocenters. The van der Waals surface area contributed by atoms with Crippen molar-refractivity contribution in [2.45, 2.75) is 12.6 Å². The number of benzene rings is 1. The number of phenolic OH excluding ortho intramolecular Hbond substituents is 1. The molecule has 1 heterocycles. The summed E-state index contributed by atoms with van der Waals surface area (Å²) < 4.78 is 50.9. The molecule has 2 aromatic rings. The summed E-state index contributed by atoms with van der Waals surface area (Å²) in [4.78, 5) is 27.1. The van der Waals surface area contributed by atoms with Crippen LogP contribution in [-0.2, 0) is 11.2 Å². The maximum absolute atomic E-state index is 13.9. The molecule has 124 valence electrons. The number of carbonyl (C=O) groups excluding carboxylic acids is 1. The molecule has 0 bridgehead atoms. The molecule has 10 heteroatoms. The molecule has 23 heavy (non-hydrogen) atoms. The molecule has 1 aromatic carbocycles. The molecule has 0 saturated carbocycles. The van der Waals surface area contributed by atoms with Crippen molar-refractivity contribution in [3.05, 3.63) is 39.9 Å². The van der Waals surface area contributed by atoms with Gasteiger partial charge in [0, 0.05) is 23.1 Å². The smallest absolute Gasteiger partial charge is 0.493 e. The molecular formula is C13H10F4N2O4. The second-order valence-electron chi connectivity index (χ2n) is 4.54. The number of hydrogen-bond acceptors (Lipinski definition) is 5. The van der Waals surface area contributed by atoms with Crippen molar-refractivity contribution in [3.8, 4) is 5.75 Å². The van der Waals surface area contributed by atoms with Crippen molar-refractivity contribution < 1.29 is 32.3 Å². The first-order chi connectivity index (χ1) is 10.6. The maximum Gasteiger partial charge on any atom is 0.493 e. The van der Waals surface area contributed by atoms with Gasteiger partial charge in [-0.2, -0.15) is 13.2 Å². The predicted molar refractivity (Wildman–Crippen MR) is 70.2 cm³/mol. The van der Waals surface area contributed by atoms with E-state index in [1.54, 1.807) is 0 Å². The molecular weight excluding hydrogens is 324 g/mol. The Morgan fingerprint density at radius 2 is 1.96 bits per heavy atom. The number of nitrogens with two attached hydrogens (primary N) is 1. The zero-order valence-corrected chi connectivity index (χ0v) is 11.4. The topological polar surface area (TPSA) is 94.5 Å². The number of aromatic nitrogens is 1. The van der Waals surface area contributed by atoms with Crippen molar-refractivity contribution in [2.24, 2.45) is 5.73 Å². The molecule has 6 nitrogen and oxygen atoms in total. The van der Waals surface area contributed by atoms with Crippen LogP contribution in [-0.4, -0.2) is 28.5 Å². The number of rotatable bonds is 3. The SMILES string of the molecule is NCCc1cc2c(F)cc(O)cc2n(OC(=O)C(F)(F)F)c1=O. The summed E-state index contributed by atoms with van der Waals surface area (Å²) in [6.07, 6.45) is -5.43. The molecule has 0 spiro atoms. The highest BCUT2D eigenvalue weighted by atomic mass is 19.4. The average Bonchev–Trinajstić information content (AvgIpc) is 2.43. The number of alkyl halides is 3. The van der Waals surface area contributed by atoms with Crippen molar-refractivity contribution in [1.82, 2.24) is 4.73 Å². The summed E-state index contributed by atoms with van der Waals surface area (Å²) in [5, 5.41) is 9.05. The molecule has 3 N–H and O–H groups in total. The Labute approximate surface area is 125 Å². The maximum atomic E-state index is 13.9. The van der Waals surface area contributed by atoms with Gasteiger partial charge in [0.25, 0.3) is 5.56 Å². The zero-order chi connectivity index (χ0) is 17.4. The fourth-order valence-electron chi connectivity index (χ4n) is 1.94. The molecule has 0 amide bonds. The van der Waals surface area contributed by atoms with Crippen LogP contribution in [0.5, 0.6) is 5.75 Å². The number of hydrogen-bond donors (Lipinski definition) is 2. The van der Waals surface area contributed by atoms with E-state index in [9.17, 15) is 32.3 Å². The van der Waals surface area contributed by atoms with Crippen LogP contribution < -0.4 is 16.1 Å². The van der Waals surface area contributed by atoms with Crippen LogP contribution in [0.3, 0.4) is 0 Å². The van der Waals surface area contributed by atoms with E-state index in [-0.39, 0.29) is 28.6 Å². The lowest BCUT2D eigenvalue weighted by Crippen LogP contribution is -2.39. The van der Waals surface area contributed by atoms with E-state index >= 15 is 0 Å². The minimum absolute atomic E-state index is 0.00104. The number of halogens is 4. The van der Waals surface area contributed by atoms with Crippen LogP contribution in [0, 0.1) is 5.82 Å². The number of pyridine rings is 1. The van der Waals surface area contributed by atoms with Crippen molar-refractivity contribution in [3.63, 3.8) is 0 Å². The van der Waals surface area contributed by atoms with Crippen molar-refractivity contribution >= 4 is 16.9 Å². The second-order valence-corrected chi connectivity index (χ2v) is 4.54. The standard InChI is InChI=1S/C13H10F4N2O4/c14-9-4-7(20)5-10-8(9)3-6(1-2-18)11(21)19(10)23-12(22)13(15,16)17/h3-5,20H,1-2,18H2. The first kappa shape index (κ1) is 16.7. The Morgan fingerprint density at radius 3 is 2.52 bits per heavy atom. The minimum Gasteiger partial charge on any atom is -0.508 e.